The van der Waals surface area contributed by atoms with Crippen LogP contribution < -0.4 is 5.43 Å². The molecule has 1 fully saturated rings. The van der Waals surface area contributed by atoms with Crippen molar-refractivity contribution < 1.29 is 0 Å². The van der Waals surface area contributed by atoms with Crippen molar-refractivity contribution in [3.63, 3.8) is 0 Å². The maximum Gasteiger partial charge on any atom is 0.106 e. The molecule has 0 radical (unpaired) electrons. The number of hydrazine groups is 1. The maximum atomic E-state index is 4.31. The molecule has 1 N–H and O–H groups in total. The van der Waals surface area contributed by atoms with Crippen LogP contribution in [0.1, 0.15) is 30.7 Å². The minimum atomic E-state index is 0.666. The zero-order chi connectivity index (χ0) is 11.4. The first-order valence-electron chi connectivity index (χ1n) is 5.83. The van der Waals surface area contributed by atoms with Crippen molar-refractivity contribution in [3.8, 4) is 0 Å². The normalized spacial score (nSPS) is 23.0. The third-order valence-corrected chi connectivity index (χ3v) is 3.74. The first kappa shape index (κ1) is 12.0. The Labute approximate surface area is 105 Å². The number of pyridine rings is 1. The van der Waals surface area contributed by atoms with Crippen LogP contribution in [0.4, 0.5) is 0 Å². The quantitative estimate of drug-likeness (QED) is 0.846. The molecule has 2 heterocycles. The van der Waals surface area contributed by atoms with Gasteiger partial charge in [0.05, 0.1) is 0 Å². The molecular weight excluding hydrogens is 266 g/mol. The highest BCUT2D eigenvalue weighted by atomic mass is 79.9. The van der Waals surface area contributed by atoms with Gasteiger partial charge in [0, 0.05) is 19.3 Å². The lowest BCUT2D eigenvalue weighted by atomic mass is 9.93. The Morgan fingerprint density at radius 2 is 2.25 bits per heavy atom. The predicted octanol–water partition coefficient (Wildman–Crippen LogP) is 2.55. The maximum absolute atomic E-state index is 4.31. The molecule has 0 unspecified atom stereocenters. The fourth-order valence-electron chi connectivity index (χ4n) is 2.28. The van der Waals surface area contributed by atoms with Crippen molar-refractivity contribution in [3.05, 3.63) is 28.5 Å². The van der Waals surface area contributed by atoms with Gasteiger partial charge in [-0.3, -0.25) is 5.43 Å². The second kappa shape index (κ2) is 5.75. The van der Waals surface area contributed by atoms with Gasteiger partial charge in [0.1, 0.15) is 4.60 Å². The average molecular weight is 284 g/mol. The summed E-state index contributed by atoms with van der Waals surface area (Å²) in [5.41, 5.74) is 4.61. The summed E-state index contributed by atoms with van der Waals surface area (Å²) in [6.45, 7) is 2.27. The van der Waals surface area contributed by atoms with Crippen molar-refractivity contribution >= 4 is 15.9 Å². The zero-order valence-electron chi connectivity index (χ0n) is 9.62. The van der Waals surface area contributed by atoms with E-state index in [-0.39, 0.29) is 0 Å². The summed E-state index contributed by atoms with van der Waals surface area (Å²) in [5.74, 6) is 0.666. The lowest BCUT2D eigenvalue weighted by Gasteiger charge is -2.18. The van der Waals surface area contributed by atoms with Crippen LogP contribution in [0.5, 0.6) is 0 Å². The summed E-state index contributed by atoms with van der Waals surface area (Å²) in [5, 5.41) is 2.30. The van der Waals surface area contributed by atoms with E-state index < -0.39 is 0 Å². The van der Waals surface area contributed by atoms with E-state index in [1.807, 2.05) is 19.3 Å². The highest BCUT2D eigenvalue weighted by Gasteiger charge is 2.17. The van der Waals surface area contributed by atoms with Crippen LogP contribution in [-0.2, 0) is 0 Å². The van der Waals surface area contributed by atoms with E-state index >= 15 is 0 Å². The third kappa shape index (κ3) is 3.03. The minimum Gasteiger partial charge on any atom is -0.258 e. The van der Waals surface area contributed by atoms with Crippen molar-refractivity contribution in [2.75, 3.05) is 20.1 Å². The zero-order valence-corrected chi connectivity index (χ0v) is 11.2. The van der Waals surface area contributed by atoms with Crippen molar-refractivity contribution in [1.82, 2.24) is 15.4 Å². The number of halogens is 1. The topological polar surface area (TPSA) is 28.2 Å². The Bertz CT molecular complexity index is 326. The fourth-order valence-corrected chi connectivity index (χ4v) is 2.52. The van der Waals surface area contributed by atoms with E-state index in [4.69, 9.17) is 0 Å². The van der Waals surface area contributed by atoms with Gasteiger partial charge in [-0.1, -0.05) is 6.07 Å². The van der Waals surface area contributed by atoms with Crippen LogP contribution in [0.2, 0.25) is 0 Å². The molecule has 88 valence electrons. The van der Waals surface area contributed by atoms with E-state index in [2.05, 4.69) is 37.4 Å². The van der Waals surface area contributed by atoms with Gasteiger partial charge in [-0.2, -0.15) is 0 Å². The predicted molar refractivity (Wildman–Crippen MR) is 69.2 cm³/mol. The van der Waals surface area contributed by atoms with Gasteiger partial charge in [-0.05, 0) is 59.8 Å². The van der Waals surface area contributed by atoms with Crippen molar-refractivity contribution in [2.24, 2.45) is 0 Å². The molecule has 0 spiro atoms. The highest BCUT2D eigenvalue weighted by molar-refractivity contribution is 9.10. The number of aromatic nitrogens is 1. The van der Waals surface area contributed by atoms with E-state index in [1.165, 1.54) is 24.8 Å². The molecule has 1 aliphatic heterocycles. The minimum absolute atomic E-state index is 0.666. The van der Waals surface area contributed by atoms with Crippen LogP contribution in [0, 0.1) is 0 Å². The Hall–Kier alpha value is -0.450. The lowest BCUT2D eigenvalue weighted by molar-refractivity contribution is 0.216. The Morgan fingerprint density at radius 3 is 2.94 bits per heavy atom. The van der Waals surface area contributed by atoms with Crippen molar-refractivity contribution in [2.45, 2.75) is 25.2 Å². The number of hydrogen-bond donors (Lipinski definition) is 1. The first-order chi connectivity index (χ1) is 7.79. The summed E-state index contributed by atoms with van der Waals surface area (Å²) >= 11 is 3.38. The van der Waals surface area contributed by atoms with Gasteiger partial charge < -0.3 is 0 Å². The molecule has 2 rings (SSSR count). The number of hydrogen-bond acceptors (Lipinski definition) is 3. The molecule has 1 aromatic rings. The summed E-state index contributed by atoms with van der Waals surface area (Å²) in [4.78, 5) is 4.31. The third-order valence-electron chi connectivity index (χ3n) is 3.27. The monoisotopic (exact) mass is 283 g/mol. The highest BCUT2D eigenvalue weighted by Crippen LogP contribution is 2.27. The molecule has 0 bridgehead atoms. The van der Waals surface area contributed by atoms with E-state index in [0.29, 0.717) is 5.92 Å². The summed E-state index contributed by atoms with van der Waals surface area (Å²) < 4.78 is 0.918. The Balaban J connectivity index is 2.02. The molecule has 1 saturated heterocycles. The second-order valence-electron chi connectivity index (χ2n) is 4.25. The molecule has 1 aromatic heterocycles. The van der Waals surface area contributed by atoms with E-state index in [1.54, 1.807) is 0 Å². The lowest BCUT2D eigenvalue weighted by Crippen LogP contribution is -2.35. The molecule has 4 heteroatoms. The SMILES string of the molecule is CNN1CCC[C@H](c2ccc(Br)nc2)CC1. The van der Waals surface area contributed by atoms with Gasteiger partial charge >= 0.3 is 0 Å². The van der Waals surface area contributed by atoms with Gasteiger partial charge in [-0.25, -0.2) is 9.99 Å². The first-order valence-corrected chi connectivity index (χ1v) is 6.62. The standard InChI is InChI=1S/C12H18BrN3/c1-14-16-7-2-3-10(6-8-16)11-4-5-12(13)15-9-11/h4-5,9-10,14H,2-3,6-8H2,1H3/t10-/m0/s1. The molecule has 1 atom stereocenters. The van der Waals surface area contributed by atoms with E-state index in [9.17, 15) is 0 Å². The van der Waals surface area contributed by atoms with Gasteiger partial charge in [0.25, 0.3) is 0 Å². The molecule has 0 amide bonds. The largest absolute Gasteiger partial charge is 0.258 e. The molecule has 0 saturated carbocycles. The number of nitrogens with zero attached hydrogens (tertiary/aromatic N) is 2. The Kier molecular flexibility index (Phi) is 4.32. The summed E-state index contributed by atoms with van der Waals surface area (Å²) in [6.07, 6.45) is 5.73. The molecule has 3 nitrogen and oxygen atoms in total. The van der Waals surface area contributed by atoms with Crippen LogP contribution in [0.25, 0.3) is 0 Å². The molecular formula is C12H18BrN3. The van der Waals surface area contributed by atoms with E-state index in [0.717, 1.165) is 17.7 Å². The number of rotatable bonds is 2. The summed E-state index contributed by atoms with van der Waals surface area (Å²) in [7, 11) is 2.00. The van der Waals surface area contributed by atoms with Crippen LogP contribution in [-0.4, -0.2) is 30.1 Å². The smallest absolute Gasteiger partial charge is 0.106 e. The van der Waals surface area contributed by atoms with Crippen molar-refractivity contribution in [1.29, 1.82) is 0 Å². The molecule has 0 aromatic carbocycles. The van der Waals surface area contributed by atoms with Crippen LogP contribution >= 0.6 is 15.9 Å². The van der Waals surface area contributed by atoms with Gasteiger partial charge in [0.2, 0.25) is 0 Å². The second-order valence-corrected chi connectivity index (χ2v) is 5.07. The van der Waals surface area contributed by atoms with Crippen LogP contribution in [0.3, 0.4) is 0 Å². The number of nitrogens with one attached hydrogen (secondary N) is 1. The molecule has 0 aliphatic carbocycles. The molecule has 16 heavy (non-hydrogen) atoms. The van der Waals surface area contributed by atoms with Gasteiger partial charge in [-0.15, -0.1) is 0 Å². The summed E-state index contributed by atoms with van der Waals surface area (Å²) in [6, 6.07) is 4.23. The van der Waals surface area contributed by atoms with Gasteiger partial charge in [0.15, 0.2) is 0 Å². The Morgan fingerprint density at radius 1 is 1.38 bits per heavy atom. The fraction of sp³-hybridized carbons (Fsp3) is 0.583. The van der Waals surface area contributed by atoms with Crippen LogP contribution in [0.15, 0.2) is 22.9 Å². The average Bonchev–Trinajstić information content (AvgIpc) is 2.55. The molecule has 1 aliphatic rings.